The fourth-order valence-electron chi connectivity index (χ4n) is 2.08. The van der Waals surface area contributed by atoms with Gasteiger partial charge in [-0.2, -0.15) is 5.10 Å². The number of anilines is 1. The van der Waals surface area contributed by atoms with Crippen molar-refractivity contribution in [1.29, 1.82) is 0 Å². The number of amides is 1. The second kappa shape index (κ2) is 4.57. The van der Waals surface area contributed by atoms with E-state index >= 15 is 0 Å². The third-order valence-corrected chi connectivity index (χ3v) is 2.99. The molecule has 0 saturated heterocycles. The molecular weight excluding hydrogens is 238 g/mol. The molecule has 0 spiro atoms. The first-order chi connectivity index (χ1) is 9.24. The highest BCUT2D eigenvalue weighted by molar-refractivity contribution is 6.09. The minimum absolute atomic E-state index is 0.139. The highest BCUT2D eigenvalue weighted by Gasteiger charge is 2.15. The molecule has 19 heavy (non-hydrogen) atoms. The van der Waals surface area contributed by atoms with E-state index in [1.807, 2.05) is 49.5 Å². The largest absolute Gasteiger partial charge is 0.305 e. The van der Waals surface area contributed by atoms with E-state index in [0.717, 1.165) is 11.1 Å². The van der Waals surface area contributed by atoms with Crippen LogP contribution in [0.3, 0.4) is 0 Å². The number of nitrogens with one attached hydrogen (secondary N) is 1. The minimum Gasteiger partial charge on any atom is -0.305 e. The number of aryl methyl sites for hydroxylation is 1. The van der Waals surface area contributed by atoms with Crippen LogP contribution in [0.2, 0.25) is 0 Å². The van der Waals surface area contributed by atoms with Gasteiger partial charge in [-0.3, -0.25) is 9.48 Å². The lowest BCUT2D eigenvalue weighted by molar-refractivity contribution is 0.102. The van der Waals surface area contributed by atoms with Crippen molar-refractivity contribution in [3.8, 4) is 11.1 Å². The quantitative estimate of drug-likeness (QED) is 0.761. The van der Waals surface area contributed by atoms with Gasteiger partial charge in [0.05, 0.1) is 0 Å². The van der Waals surface area contributed by atoms with Crippen molar-refractivity contribution in [2.24, 2.45) is 7.05 Å². The van der Waals surface area contributed by atoms with Crippen LogP contribution in [0.15, 0.2) is 54.7 Å². The molecule has 2 aliphatic carbocycles. The van der Waals surface area contributed by atoms with Crippen molar-refractivity contribution in [2.75, 3.05) is 5.32 Å². The molecule has 0 aliphatic heterocycles. The summed E-state index contributed by atoms with van der Waals surface area (Å²) in [5.74, 6) is 0.419. The van der Waals surface area contributed by atoms with Crippen molar-refractivity contribution < 1.29 is 4.79 Å². The fourth-order valence-corrected chi connectivity index (χ4v) is 2.08. The summed E-state index contributed by atoms with van der Waals surface area (Å²) in [6, 6.07) is 15.3. The van der Waals surface area contributed by atoms with Crippen LogP contribution < -0.4 is 5.32 Å². The van der Waals surface area contributed by atoms with E-state index in [-0.39, 0.29) is 5.91 Å². The van der Waals surface area contributed by atoms with Gasteiger partial charge in [0.2, 0.25) is 0 Å². The molecule has 1 heterocycles. The molecule has 4 heteroatoms. The topological polar surface area (TPSA) is 46.9 Å². The number of hydrogen-bond donors (Lipinski definition) is 1. The molecule has 0 atom stereocenters. The average molecular weight is 251 g/mol. The third-order valence-electron chi connectivity index (χ3n) is 2.99. The van der Waals surface area contributed by atoms with Crippen molar-refractivity contribution in [3.63, 3.8) is 0 Å². The van der Waals surface area contributed by atoms with Crippen LogP contribution in [0.4, 0.5) is 5.82 Å². The van der Waals surface area contributed by atoms with Gasteiger partial charge >= 0.3 is 0 Å². The Hall–Kier alpha value is -2.62. The number of hydrogen-bond acceptors (Lipinski definition) is 2. The molecule has 0 aromatic carbocycles. The van der Waals surface area contributed by atoms with E-state index in [2.05, 4.69) is 10.4 Å². The van der Waals surface area contributed by atoms with Crippen molar-refractivity contribution in [2.45, 2.75) is 0 Å². The van der Waals surface area contributed by atoms with Gasteiger partial charge in [-0.05, 0) is 17.2 Å². The molecule has 1 aromatic rings. The summed E-state index contributed by atoms with van der Waals surface area (Å²) < 4.78 is 1.65. The predicted octanol–water partition coefficient (Wildman–Crippen LogP) is 2.78. The maximum atomic E-state index is 12.2. The van der Waals surface area contributed by atoms with Crippen LogP contribution in [-0.4, -0.2) is 15.7 Å². The highest BCUT2D eigenvalue weighted by Crippen LogP contribution is 2.27. The zero-order valence-corrected chi connectivity index (χ0v) is 10.5. The fraction of sp³-hybridized carbons (Fsp3) is 0.0667. The monoisotopic (exact) mass is 251 g/mol. The summed E-state index contributed by atoms with van der Waals surface area (Å²) in [7, 11) is 1.81. The second-order valence-corrected chi connectivity index (χ2v) is 4.36. The van der Waals surface area contributed by atoms with Gasteiger partial charge in [-0.15, -0.1) is 0 Å². The normalized spacial score (nSPS) is 10.6. The summed E-state index contributed by atoms with van der Waals surface area (Å²) in [6.45, 7) is 0. The van der Waals surface area contributed by atoms with Gasteiger partial charge < -0.3 is 5.32 Å². The first kappa shape index (κ1) is 11.5. The smallest absolute Gasteiger partial charge is 0.257 e. The number of carbonyl (C=O) groups is 1. The lowest BCUT2D eigenvalue weighted by Crippen LogP contribution is -2.12. The maximum absolute atomic E-state index is 12.2. The van der Waals surface area contributed by atoms with Gasteiger partial charge in [0.15, 0.2) is 5.82 Å². The van der Waals surface area contributed by atoms with E-state index < -0.39 is 0 Å². The molecule has 2 aliphatic rings. The Bertz CT molecular complexity index is 702. The molecular formula is C15H13N3O. The number of fused-ring (bicyclic) bond motifs is 1. The lowest BCUT2D eigenvalue weighted by Gasteiger charge is -2.02. The molecule has 1 N–H and O–H groups in total. The maximum Gasteiger partial charge on any atom is 0.257 e. The summed E-state index contributed by atoms with van der Waals surface area (Å²) in [4.78, 5) is 12.2. The molecule has 0 fully saturated rings. The summed E-state index contributed by atoms with van der Waals surface area (Å²) in [6.07, 6.45) is 1.79. The van der Waals surface area contributed by atoms with E-state index in [9.17, 15) is 4.79 Å². The molecule has 3 rings (SSSR count). The Morgan fingerprint density at radius 3 is 2.74 bits per heavy atom. The Morgan fingerprint density at radius 1 is 1.11 bits per heavy atom. The van der Waals surface area contributed by atoms with Crippen LogP contribution in [0, 0.1) is 0 Å². The molecule has 1 amide bonds. The van der Waals surface area contributed by atoms with Gasteiger partial charge in [-0.25, -0.2) is 0 Å². The molecule has 0 bridgehead atoms. The lowest BCUT2D eigenvalue weighted by atomic mass is 10.1. The van der Waals surface area contributed by atoms with E-state index in [1.54, 1.807) is 16.9 Å². The molecule has 1 aromatic heterocycles. The van der Waals surface area contributed by atoms with Gasteiger partial charge in [0, 0.05) is 24.9 Å². The number of carbonyl (C=O) groups excluding carboxylic acids is 1. The Morgan fingerprint density at radius 2 is 1.95 bits per heavy atom. The Kier molecular flexibility index (Phi) is 2.76. The number of aromatic nitrogens is 2. The van der Waals surface area contributed by atoms with Crippen LogP contribution in [-0.2, 0) is 7.05 Å². The van der Waals surface area contributed by atoms with Crippen LogP contribution in [0.25, 0.3) is 11.1 Å². The SMILES string of the molecule is Cn1ccc(NC(=O)c2ccc3cccccc2-3)n1. The first-order valence-electron chi connectivity index (χ1n) is 6.03. The average Bonchev–Trinajstić information content (AvgIpc) is 2.90. The van der Waals surface area contributed by atoms with Crippen molar-refractivity contribution >= 4 is 11.7 Å². The number of rotatable bonds is 2. The first-order valence-corrected chi connectivity index (χ1v) is 6.03. The third kappa shape index (κ3) is 2.20. The Labute approximate surface area is 111 Å². The van der Waals surface area contributed by atoms with E-state index in [4.69, 9.17) is 0 Å². The van der Waals surface area contributed by atoms with E-state index in [1.165, 1.54) is 0 Å². The van der Waals surface area contributed by atoms with Crippen LogP contribution in [0.5, 0.6) is 0 Å². The molecule has 0 saturated carbocycles. The standard InChI is InChI=1S/C15H13N3O/c1-18-10-9-14(17-18)16-15(19)13-8-7-11-5-3-2-4-6-12(11)13/h2-10H,1H3,(H,16,17,19). The second-order valence-electron chi connectivity index (χ2n) is 4.36. The highest BCUT2D eigenvalue weighted by atomic mass is 16.1. The minimum atomic E-state index is -0.139. The summed E-state index contributed by atoms with van der Waals surface area (Å²) in [5, 5.41) is 6.93. The molecule has 0 unspecified atom stereocenters. The van der Waals surface area contributed by atoms with Crippen molar-refractivity contribution in [1.82, 2.24) is 9.78 Å². The molecule has 0 radical (unpaired) electrons. The zero-order chi connectivity index (χ0) is 13.2. The predicted molar refractivity (Wildman–Crippen MR) is 74.2 cm³/mol. The summed E-state index contributed by atoms with van der Waals surface area (Å²) >= 11 is 0. The van der Waals surface area contributed by atoms with Crippen LogP contribution in [0.1, 0.15) is 10.4 Å². The molecule has 4 nitrogen and oxygen atoms in total. The van der Waals surface area contributed by atoms with Gasteiger partial charge in [0.25, 0.3) is 5.91 Å². The zero-order valence-electron chi connectivity index (χ0n) is 10.5. The molecule has 94 valence electrons. The Balaban J connectivity index is 1.91. The number of nitrogens with zero attached hydrogens (tertiary/aromatic N) is 2. The van der Waals surface area contributed by atoms with E-state index in [0.29, 0.717) is 11.4 Å². The summed E-state index contributed by atoms with van der Waals surface area (Å²) in [5.41, 5.74) is 2.66. The van der Waals surface area contributed by atoms with Crippen molar-refractivity contribution in [3.05, 3.63) is 60.3 Å². The van der Waals surface area contributed by atoms with Gasteiger partial charge in [0.1, 0.15) is 0 Å². The van der Waals surface area contributed by atoms with Crippen LogP contribution >= 0.6 is 0 Å². The van der Waals surface area contributed by atoms with Gasteiger partial charge in [-0.1, -0.05) is 36.4 Å².